The number of carbonyl (C=O) groups excluding carboxylic acids is 1. The number of esters is 1. The van der Waals surface area contributed by atoms with Crippen molar-refractivity contribution in [2.75, 3.05) is 18.5 Å². The topological polar surface area (TPSA) is 47.6 Å². The summed E-state index contributed by atoms with van der Waals surface area (Å²) in [5, 5.41) is 3.21. The molecule has 3 rings (SSSR count). The van der Waals surface area contributed by atoms with Crippen LogP contribution in [0.3, 0.4) is 0 Å². The first kappa shape index (κ1) is 10.4. The van der Waals surface area contributed by atoms with Gasteiger partial charge in [-0.05, 0) is 36.6 Å². The third-order valence-electron chi connectivity index (χ3n) is 3.18. The third-order valence-corrected chi connectivity index (χ3v) is 3.18. The highest BCUT2D eigenvalue weighted by Gasteiger charge is 2.26. The van der Waals surface area contributed by atoms with Crippen LogP contribution in [-0.2, 0) is 16.0 Å². The summed E-state index contributed by atoms with van der Waals surface area (Å²) in [6.45, 7) is 1.32. The molecule has 2 aliphatic heterocycles. The van der Waals surface area contributed by atoms with Crippen LogP contribution in [0, 0.1) is 0 Å². The van der Waals surface area contributed by atoms with E-state index >= 15 is 0 Å². The molecular weight excluding hydrogens is 218 g/mol. The minimum absolute atomic E-state index is 0.154. The predicted octanol–water partition coefficient (Wildman–Crippen LogP) is 1.74. The van der Waals surface area contributed by atoms with Crippen molar-refractivity contribution in [1.29, 1.82) is 0 Å². The van der Waals surface area contributed by atoms with Gasteiger partial charge in [-0.3, -0.25) is 0 Å². The smallest absolute Gasteiger partial charge is 0.328 e. The van der Waals surface area contributed by atoms with Crippen LogP contribution in [0.4, 0.5) is 5.69 Å². The minimum Gasteiger partial charge on any atom is -0.493 e. The van der Waals surface area contributed by atoms with Gasteiger partial charge in [0.15, 0.2) is 0 Å². The Bertz CT molecular complexity index is 444. The van der Waals surface area contributed by atoms with Crippen LogP contribution in [0.15, 0.2) is 18.2 Å². The molecule has 17 heavy (non-hydrogen) atoms. The van der Waals surface area contributed by atoms with Gasteiger partial charge in [0.2, 0.25) is 0 Å². The van der Waals surface area contributed by atoms with Gasteiger partial charge in [0, 0.05) is 12.1 Å². The third kappa shape index (κ3) is 2.07. The van der Waals surface area contributed by atoms with Gasteiger partial charge in [0.05, 0.1) is 13.2 Å². The minimum atomic E-state index is -0.197. The molecule has 0 saturated carbocycles. The molecule has 0 unspecified atom stereocenters. The van der Waals surface area contributed by atoms with E-state index in [1.165, 1.54) is 5.56 Å². The standard InChI is InChI=1S/C13H15NO3/c15-13-11(5-7-17-13)14-10-3-4-12-9(8-10)2-1-6-16-12/h3-4,8,11,14H,1-2,5-7H2/t11-/m0/s1. The summed E-state index contributed by atoms with van der Waals surface area (Å²) in [5.74, 6) is 0.815. The summed E-state index contributed by atoms with van der Waals surface area (Å²) < 4.78 is 10.5. The molecule has 0 bridgehead atoms. The first-order valence-corrected chi connectivity index (χ1v) is 6.02. The molecule has 1 N–H and O–H groups in total. The van der Waals surface area contributed by atoms with E-state index in [1.807, 2.05) is 12.1 Å². The van der Waals surface area contributed by atoms with Crippen molar-refractivity contribution >= 4 is 11.7 Å². The molecule has 2 aliphatic rings. The summed E-state index contributed by atoms with van der Waals surface area (Å²) in [6, 6.07) is 5.80. The Labute approximate surface area is 99.9 Å². The first-order chi connectivity index (χ1) is 8.33. The van der Waals surface area contributed by atoms with Crippen LogP contribution in [0.25, 0.3) is 0 Å². The average molecular weight is 233 g/mol. The van der Waals surface area contributed by atoms with Gasteiger partial charge < -0.3 is 14.8 Å². The maximum atomic E-state index is 11.4. The lowest BCUT2D eigenvalue weighted by Gasteiger charge is -2.19. The normalized spacial score (nSPS) is 22.6. The van der Waals surface area contributed by atoms with E-state index in [9.17, 15) is 4.79 Å². The SMILES string of the molecule is O=C1OCC[C@@H]1Nc1ccc2c(c1)CCCO2. The van der Waals surface area contributed by atoms with Crippen LogP contribution in [0.5, 0.6) is 5.75 Å². The Morgan fingerprint density at radius 3 is 3.00 bits per heavy atom. The number of hydrogen-bond donors (Lipinski definition) is 1. The van der Waals surface area contributed by atoms with Gasteiger partial charge in [-0.15, -0.1) is 0 Å². The summed E-state index contributed by atoms with van der Waals surface area (Å²) in [4.78, 5) is 11.4. The Hall–Kier alpha value is -1.71. The van der Waals surface area contributed by atoms with E-state index in [0.717, 1.165) is 37.3 Å². The molecule has 90 valence electrons. The summed E-state index contributed by atoms with van der Waals surface area (Å²) >= 11 is 0. The lowest BCUT2D eigenvalue weighted by Crippen LogP contribution is -2.24. The van der Waals surface area contributed by atoms with Gasteiger partial charge >= 0.3 is 5.97 Å². The van der Waals surface area contributed by atoms with E-state index in [-0.39, 0.29) is 12.0 Å². The van der Waals surface area contributed by atoms with E-state index in [2.05, 4.69) is 11.4 Å². The molecule has 0 aromatic heterocycles. The molecule has 1 fully saturated rings. The number of hydrogen-bond acceptors (Lipinski definition) is 4. The van der Waals surface area contributed by atoms with E-state index in [0.29, 0.717) is 6.61 Å². The number of rotatable bonds is 2. The monoisotopic (exact) mass is 233 g/mol. The summed E-state index contributed by atoms with van der Waals surface area (Å²) in [7, 11) is 0. The molecule has 0 amide bonds. The fourth-order valence-electron chi connectivity index (χ4n) is 2.28. The summed E-state index contributed by atoms with van der Waals surface area (Å²) in [6.07, 6.45) is 2.84. The molecule has 0 spiro atoms. The second kappa shape index (κ2) is 4.28. The molecule has 1 aromatic rings. The molecule has 4 nitrogen and oxygen atoms in total. The lowest BCUT2D eigenvalue weighted by molar-refractivity contribution is -0.138. The first-order valence-electron chi connectivity index (χ1n) is 6.02. The van der Waals surface area contributed by atoms with E-state index in [1.54, 1.807) is 0 Å². The molecular formula is C13H15NO3. The van der Waals surface area contributed by atoms with Crippen LogP contribution in [0.1, 0.15) is 18.4 Å². The molecule has 4 heteroatoms. The van der Waals surface area contributed by atoms with Crippen molar-refractivity contribution in [3.8, 4) is 5.75 Å². The molecule has 2 heterocycles. The Balaban J connectivity index is 1.77. The highest BCUT2D eigenvalue weighted by molar-refractivity contribution is 5.81. The molecule has 0 radical (unpaired) electrons. The van der Waals surface area contributed by atoms with Crippen molar-refractivity contribution in [2.24, 2.45) is 0 Å². The van der Waals surface area contributed by atoms with Crippen molar-refractivity contribution < 1.29 is 14.3 Å². The average Bonchev–Trinajstić information content (AvgIpc) is 2.75. The fourth-order valence-corrected chi connectivity index (χ4v) is 2.28. The van der Waals surface area contributed by atoms with Crippen LogP contribution < -0.4 is 10.1 Å². The number of nitrogens with one attached hydrogen (secondary N) is 1. The highest BCUT2D eigenvalue weighted by atomic mass is 16.5. The quantitative estimate of drug-likeness (QED) is 0.790. The van der Waals surface area contributed by atoms with E-state index in [4.69, 9.17) is 9.47 Å². The second-order valence-corrected chi connectivity index (χ2v) is 4.43. The van der Waals surface area contributed by atoms with Crippen LogP contribution in [-0.4, -0.2) is 25.2 Å². The van der Waals surface area contributed by atoms with Gasteiger partial charge in [-0.1, -0.05) is 0 Å². The molecule has 1 saturated heterocycles. The highest BCUT2D eigenvalue weighted by Crippen LogP contribution is 2.28. The van der Waals surface area contributed by atoms with Crippen molar-refractivity contribution in [2.45, 2.75) is 25.3 Å². The Morgan fingerprint density at radius 1 is 1.24 bits per heavy atom. The van der Waals surface area contributed by atoms with Crippen molar-refractivity contribution in [3.05, 3.63) is 23.8 Å². The predicted molar refractivity (Wildman–Crippen MR) is 63.2 cm³/mol. The largest absolute Gasteiger partial charge is 0.493 e. The zero-order chi connectivity index (χ0) is 11.7. The molecule has 0 aliphatic carbocycles. The zero-order valence-corrected chi connectivity index (χ0v) is 9.57. The lowest BCUT2D eigenvalue weighted by atomic mass is 10.1. The number of anilines is 1. The molecule has 1 aromatic carbocycles. The zero-order valence-electron chi connectivity index (χ0n) is 9.57. The Kier molecular flexibility index (Phi) is 2.63. The van der Waals surface area contributed by atoms with Gasteiger partial charge in [-0.25, -0.2) is 4.79 Å². The Morgan fingerprint density at radius 2 is 2.18 bits per heavy atom. The van der Waals surface area contributed by atoms with Gasteiger partial charge in [0.1, 0.15) is 11.8 Å². The van der Waals surface area contributed by atoms with Crippen LogP contribution >= 0.6 is 0 Å². The number of fused-ring (bicyclic) bond motifs is 1. The summed E-state index contributed by atoms with van der Waals surface area (Å²) in [5.41, 5.74) is 2.19. The maximum Gasteiger partial charge on any atom is 0.328 e. The van der Waals surface area contributed by atoms with Crippen molar-refractivity contribution in [3.63, 3.8) is 0 Å². The number of ether oxygens (including phenoxy) is 2. The van der Waals surface area contributed by atoms with E-state index < -0.39 is 0 Å². The number of cyclic esters (lactones) is 1. The fraction of sp³-hybridized carbons (Fsp3) is 0.462. The number of carbonyl (C=O) groups is 1. The van der Waals surface area contributed by atoms with Crippen molar-refractivity contribution in [1.82, 2.24) is 0 Å². The molecule has 1 atom stereocenters. The van der Waals surface area contributed by atoms with Crippen LogP contribution in [0.2, 0.25) is 0 Å². The number of aryl methyl sites for hydroxylation is 1. The van der Waals surface area contributed by atoms with Gasteiger partial charge in [0.25, 0.3) is 0 Å². The maximum absolute atomic E-state index is 11.4. The second-order valence-electron chi connectivity index (χ2n) is 4.43. The van der Waals surface area contributed by atoms with Gasteiger partial charge in [-0.2, -0.15) is 0 Å². The number of benzene rings is 1.